The Kier molecular flexibility index (Phi) is 6.03. The number of para-hydroxylation sites is 1. The quantitative estimate of drug-likeness (QED) is 0.678. The third-order valence-electron chi connectivity index (χ3n) is 3.34. The third-order valence-corrected chi connectivity index (χ3v) is 5.07. The number of amides is 1. The smallest absolute Gasteiger partial charge is 0.236 e. The normalized spacial score (nSPS) is 10.4. The number of thioether (sulfide) groups is 1. The van der Waals surface area contributed by atoms with Gasteiger partial charge in [0.15, 0.2) is 5.13 Å². The van der Waals surface area contributed by atoms with Gasteiger partial charge in [-0.15, -0.1) is 23.1 Å². The highest BCUT2D eigenvalue weighted by Crippen LogP contribution is 2.31. The van der Waals surface area contributed by atoms with E-state index in [4.69, 9.17) is 4.74 Å². The van der Waals surface area contributed by atoms with Gasteiger partial charge in [0.05, 0.1) is 24.3 Å². The Labute approximate surface area is 154 Å². The minimum Gasteiger partial charge on any atom is -0.496 e. The van der Waals surface area contributed by atoms with Crippen LogP contribution in [0.2, 0.25) is 0 Å². The average molecular weight is 371 g/mol. The topological polar surface area (TPSA) is 64.1 Å². The molecular weight excluding hydrogens is 354 g/mol. The van der Waals surface area contributed by atoms with E-state index in [0.29, 0.717) is 16.6 Å². The van der Waals surface area contributed by atoms with E-state index in [2.05, 4.69) is 15.3 Å². The summed E-state index contributed by atoms with van der Waals surface area (Å²) < 4.78 is 5.35. The van der Waals surface area contributed by atoms with Gasteiger partial charge in [-0.1, -0.05) is 18.2 Å². The number of thiazole rings is 1. The van der Waals surface area contributed by atoms with E-state index in [1.807, 2.05) is 47.8 Å². The Morgan fingerprint density at radius 2 is 2.08 bits per heavy atom. The van der Waals surface area contributed by atoms with Gasteiger partial charge in [-0.3, -0.25) is 9.78 Å². The lowest BCUT2D eigenvalue weighted by Gasteiger charge is -2.05. The average Bonchev–Trinajstić information content (AvgIpc) is 3.10. The zero-order chi connectivity index (χ0) is 17.5. The molecule has 0 bridgehead atoms. The Balaban J connectivity index is 1.55. The lowest BCUT2D eigenvalue weighted by atomic mass is 10.1. The van der Waals surface area contributed by atoms with Gasteiger partial charge in [-0.25, -0.2) is 4.98 Å². The first-order valence-electron chi connectivity index (χ1n) is 7.62. The van der Waals surface area contributed by atoms with Crippen molar-refractivity contribution in [1.29, 1.82) is 0 Å². The minimum absolute atomic E-state index is 0.0677. The molecule has 2 heterocycles. The molecule has 0 atom stereocenters. The van der Waals surface area contributed by atoms with Crippen molar-refractivity contribution >= 4 is 34.1 Å². The van der Waals surface area contributed by atoms with E-state index < -0.39 is 0 Å². The second-order valence-corrected chi connectivity index (χ2v) is 6.94. The maximum Gasteiger partial charge on any atom is 0.236 e. The van der Waals surface area contributed by atoms with Crippen molar-refractivity contribution in [3.8, 4) is 17.0 Å². The molecule has 0 fully saturated rings. The molecular formula is C18H17N3O2S2. The molecule has 1 amide bonds. The predicted octanol–water partition coefficient (Wildman–Crippen LogP) is 4.09. The lowest BCUT2D eigenvalue weighted by molar-refractivity contribution is -0.113. The number of methoxy groups -OCH3 is 1. The van der Waals surface area contributed by atoms with Crippen LogP contribution >= 0.6 is 23.1 Å². The molecule has 1 N–H and O–H groups in total. The van der Waals surface area contributed by atoms with Crippen molar-refractivity contribution in [2.75, 3.05) is 18.2 Å². The van der Waals surface area contributed by atoms with Crippen molar-refractivity contribution < 1.29 is 9.53 Å². The molecule has 0 aliphatic heterocycles. The van der Waals surface area contributed by atoms with E-state index in [1.54, 1.807) is 13.3 Å². The zero-order valence-corrected chi connectivity index (χ0v) is 15.3. The summed E-state index contributed by atoms with van der Waals surface area (Å²) in [6.45, 7) is 0. The number of anilines is 1. The Hall–Kier alpha value is -2.38. The summed E-state index contributed by atoms with van der Waals surface area (Å²) in [5, 5.41) is 5.34. The van der Waals surface area contributed by atoms with E-state index in [-0.39, 0.29) is 5.91 Å². The van der Waals surface area contributed by atoms with Crippen LogP contribution in [-0.4, -0.2) is 28.7 Å². The summed E-state index contributed by atoms with van der Waals surface area (Å²) in [6.07, 6.45) is 1.75. The molecule has 0 aliphatic rings. The van der Waals surface area contributed by atoms with E-state index in [0.717, 1.165) is 22.7 Å². The Morgan fingerprint density at radius 1 is 1.24 bits per heavy atom. The predicted molar refractivity (Wildman–Crippen MR) is 103 cm³/mol. The number of hydrogen-bond acceptors (Lipinski definition) is 6. The fraction of sp³-hybridized carbons (Fsp3) is 0.167. The van der Waals surface area contributed by atoms with Crippen LogP contribution < -0.4 is 10.1 Å². The van der Waals surface area contributed by atoms with Crippen molar-refractivity contribution in [1.82, 2.24) is 9.97 Å². The first-order valence-corrected chi connectivity index (χ1v) is 9.66. The fourth-order valence-electron chi connectivity index (χ4n) is 2.20. The monoisotopic (exact) mass is 371 g/mol. The van der Waals surface area contributed by atoms with Crippen LogP contribution in [0, 0.1) is 0 Å². The Morgan fingerprint density at radius 3 is 2.88 bits per heavy atom. The molecule has 7 heteroatoms. The molecule has 0 aliphatic carbocycles. The standard InChI is InChI=1S/C18H17N3O2S2/c1-23-16-8-3-2-7-14(16)15-11-25-18(20-15)21-17(22)12-24-10-13-6-4-5-9-19-13/h2-9,11H,10,12H2,1H3,(H,20,21,22). The van der Waals surface area contributed by atoms with Crippen molar-refractivity contribution in [2.45, 2.75) is 5.75 Å². The molecule has 128 valence electrons. The maximum absolute atomic E-state index is 12.1. The number of pyridine rings is 1. The van der Waals surface area contributed by atoms with Crippen LogP contribution in [0.15, 0.2) is 54.0 Å². The number of aromatic nitrogens is 2. The molecule has 0 radical (unpaired) electrons. The fourth-order valence-corrected chi connectivity index (χ4v) is 3.66. The van der Waals surface area contributed by atoms with Crippen LogP contribution in [0.3, 0.4) is 0 Å². The van der Waals surface area contributed by atoms with E-state index in [1.165, 1.54) is 23.1 Å². The second-order valence-electron chi connectivity index (χ2n) is 5.10. The van der Waals surface area contributed by atoms with Crippen LogP contribution in [0.5, 0.6) is 5.75 Å². The van der Waals surface area contributed by atoms with Crippen molar-refractivity contribution in [3.63, 3.8) is 0 Å². The van der Waals surface area contributed by atoms with Crippen LogP contribution in [0.4, 0.5) is 5.13 Å². The first kappa shape index (κ1) is 17.4. The van der Waals surface area contributed by atoms with Gasteiger partial charge in [-0.2, -0.15) is 0 Å². The molecule has 0 saturated carbocycles. The summed E-state index contributed by atoms with van der Waals surface area (Å²) in [4.78, 5) is 20.8. The number of nitrogens with one attached hydrogen (secondary N) is 1. The number of benzene rings is 1. The van der Waals surface area contributed by atoms with E-state index in [9.17, 15) is 4.79 Å². The van der Waals surface area contributed by atoms with Gasteiger partial charge < -0.3 is 10.1 Å². The number of carbonyl (C=O) groups is 1. The van der Waals surface area contributed by atoms with Gasteiger partial charge in [-0.05, 0) is 24.3 Å². The Bertz CT molecular complexity index is 837. The highest BCUT2D eigenvalue weighted by Gasteiger charge is 2.11. The van der Waals surface area contributed by atoms with Gasteiger partial charge in [0, 0.05) is 22.9 Å². The molecule has 0 spiro atoms. The minimum atomic E-state index is -0.0677. The number of ether oxygens (including phenoxy) is 1. The largest absolute Gasteiger partial charge is 0.496 e. The van der Waals surface area contributed by atoms with Gasteiger partial charge >= 0.3 is 0 Å². The molecule has 1 aromatic carbocycles. The zero-order valence-electron chi connectivity index (χ0n) is 13.6. The lowest BCUT2D eigenvalue weighted by Crippen LogP contribution is -2.14. The van der Waals surface area contributed by atoms with E-state index >= 15 is 0 Å². The molecule has 2 aromatic heterocycles. The second kappa shape index (κ2) is 8.64. The van der Waals surface area contributed by atoms with Crippen LogP contribution in [-0.2, 0) is 10.5 Å². The summed E-state index contributed by atoms with van der Waals surface area (Å²) in [5.74, 6) is 1.76. The number of carbonyl (C=O) groups excluding carboxylic acids is 1. The van der Waals surface area contributed by atoms with Gasteiger partial charge in [0.1, 0.15) is 5.75 Å². The van der Waals surface area contributed by atoms with Crippen molar-refractivity contribution in [2.24, 2.45) is 0 Å². The molecule has 0 saturated heterocycles. The number of nitrogens with zero attached hydrogens (tertiary/aromatic N) is 2. The number of hydrogen-bond donors (Lipinski definition) is 1. The third kappa shape index (κ3) is 4.80. The molecule has 3 aromatic rings. The summed E-state index contributed by atoms with van der Waals surface area (Å²) in [5.41, 5.74) is 2.66. The number of rotatable bonds is 7. The maximum atomic E-state index is 12.1. The highest BCUT2D eigenvalue weighted by molar-refractivity contribution is 7.99. The molecule has 0 unspecified atom stereocenters. The highest BCUT2D eigenvalue weighted by atomic mass is 32.2. The SMILES string of the molecule is COc1ccccc1-c1csc(NC(=O)CSCc2ccccn2)n1. The molecule has 3 rings (SSSR count). The van der Waals surface area contributed by atoms with Gasteiger partial charge in [0.2, 0.25) is 5.91 Å². The first-order chi connectivity index (χ1) is 12.3. The summed E-state index contributed by atoms with van der Waals surface area (Å²) in [7, 11) is 1.63. The van der Waals surface area contributed by atoms with Crippen LogP contribution in [0.1, 0.15) is 5.69 Å². The summed E-state index contributed by atoms with van der Waals surface area (Å²) in [6, 6.07) is 13.5. The van der Waals surface area contributed by atoms with Crippen LogP contribution in [0.25, 0.3) is 11.3 Å². The van der Waals surface area contributed by atoms with Gasteiger partial charge in [0.25, 0.3) is 0 Å². The molecule has 5 nitrogen and oxygen atoms in total. The molecule has 25 heavy (non-hydrogen) atoms. The van der Waals surface area contributed by atoms with Crippen molar-refractivity contribution in [3.05, 3.63) is 59.7 Å². The summed E-state index contributed by atoms with van der Waals surface area (Å²) >= 11 is 2.93.